The smallest absolute Gasteiger partial charge is 0.335 e. The Labute approximate surface area is 134 Å². The maximum Gasteiger partial charge on any atom is 0.335 e. The average molecular weight is 341 g/mol. The minimum atomic E-state index is -3.59. The molecule has 7 nitrogen and oxygen atoms in total. The van der Waals surface area contributed by atoms with Crippen LogP contribution in [0.2, 0.25) is 0 Å². The van der Waals surface area contributed by atoms with Crippen LogP contribution in [0, 0.1) is 0 Å². The Morgan fingerprint density at radius 3 is 2.61 bits per heavy atom. The SMILES string of the molecule is C=CCOCCCC(=O)Nc1cc(C(=O)O)cc(S(C)(=O)=O)c1. The van der Waals surface area contributed by atoms with Gasteiger partial charge in [0.2, 0.25) is 5.91 Å². The Balaban J connectivity index is 2.79. The molecular weight excluding hydrogens is 322 g/mol. The number of sulfone groups is 1. The zero-order valence-electron chi connectivity index (χ0n) is 12.7. The van der Waals surface area contributed by atoms with Crippen molar-refractivity contribution < 1.29 is 27.9 Å². The van der Waals surface area contributed by atoms with E-state index in [-0.39, 0.29) is 28.5 Å². The van der Waals surface area contributed by atoms with Gasteiger partial charge in [-0.3, -0.25) is 4.79 Å². The summed E-state index contributed by atoms with van der Waals surface area (Å²) in [5, 5.41) is 11.5. The first kappa shape index (κ1) is 18.9. The first-order valence-electron chi connectivity index (χ1n) is 6.81. The molecule has 0 saturated carbocycles. The summed E-state index contributed by atoms with van der Waals surface area (Å²) in [7, 11) is -3.59. The van der Waals surface area contributed by atoms with Crippen molar-refractivity contribution in [1.82, 2.24) is 0 Å². The fraction of sp³-hybridized carbons (Fsp3) is 0.333. The first-order chi connectivity index (χ1) is 10.7. The second-order valence-corrected chi connectivity index (χ2v) is 6.85. The van der Waals surface area contributed by atoms with E-state index in [1.807, 2.05) is 0 Å². The number of carbonyl (C=O) groups is 2. The van der Waals surface area contributed by atoms with Gasteiger partial charge < -0.3 is 15.2 Å². The molecule has 1 aromatic carbocycles. The molecule has 8 heteroatoms. The quantitative estimate of drug-likeness (QED) is 0.523. The van der Waals surface area contributed by atoms with Gasteiger partial charge in [0.15, 0.2) is 9.84 Å². The summed E-state index contributed by atoms with van der Waals surface area (Å²) in [5.74, 6) is -1.63. The van der Waals surface area contributed by atoms with Crippen LogP contribution < -0.4 is 5.32 Å². The number of nitrogens with one attached hydrogen (secondary N) is 1. The molecule has 0 bridgehead atoms. The lowest BCUT2D eigenvalue weighted by Crippen LogP contribution is -2.14. The number of carboxylic acids is 1. The van der Waals surface area contributed by atoms with E-state index in [0.29, 0.717) is 19.6 Å². The lowest BCUT2D eigenvalue weighted by molar-refractivity contribution is -0.116. The van der Waals surface area contributed by atoms with Gasteiger partial charge in [0.05, 0.1) is 17.1 Å². The minimum Gasteiger partial charge on any atom is -0.478 e. The third-order valence-corrected chi connectivity index (χ3v) is 3.89. The van der Waals surface area contributed by atoms with E-state index >= 15 is 0 Å². The molecule has 1 aromatic rings. The minimum absolute atomic E-state index is 0.127. The molecule has 1 rings (SSSR count). The number of carboxylic acid groups (broad SMARTS) is 1. The normalized spacial score (nSPS) is 11.0. The molecule has 2 N–H and O–H groups in total. The fourth-order valence-electron chi connectivity index (χ4n) is 1.73. The van der Waals surface area contributed by atoms with Crippen LogP contribution in [0.4, 0.5) is 5.69 Å². The second-order valence-electron chi connectivity index (χ2n) is 4.84. The van der Waals surface area contributed by atoms with E-state index in [4.69, 9.17) is 9.84 Å². The van der Waals surface area contributed by atoms with E-state index in [0.717, 1.165) is 12.3 Å². The topological polar surface area (TPSA) is 110 Å². The third-order valence-electron chi connectivity index (χ3n) is 2.79. The van der Waals surface area contributed by atoms with Crippen molar-refractivity contribution in [2.75, 3.05) is 24.8 Å². The standard InChI is InChI=1S/C15H19NO6S/c1-3-6-22-7-4-5-14(17)16-12-8-11(15(18)19)9-13(10-12)23(2,20)21/h3,8-10H,1,4-7H2,2H3,(H,16,17)(H,18,19). The molecule has 0 fully saturated rings. The van der Waals surface area contributed by atoms with E-state index in [2.05, 4.69) is 11.9 Å². The lowest BCUT2D eigenvalue weighted by atomic mass is 10.2. The largest absolute Gasteiger partial charge is 0.478 e. The highest BCUT2D eigenvalue weighted by molar-refractivity contribution is 7.90. The molecule has 0 atom stereocenters. The zero-order chi connectivity index (χ0) is 17.5. The Hall–Kier alpha value is -2.19. The van der Waals surface area contributed by atoms with Crippen molar-refractivity contribution in [2.45, 2.75) is 17.7 Å². The van der Waals surface area contributed by atoms with Crippen molar-refractivity contribution in [3.8, 4) is 0 Å². The van der Waals surface area contributed by atoms with Crippen LogP contribution >= 0.6 is 0 Å². The summed E-state index contributed by atoms with van der Waals surface area (Å²) in [6, 6.07) is 3.49. The first-order valence-corrected chi connectivity index (χ1v) is 8.70. The highest BCUT2D eigenvalue weighted by atomic mass is 32.2. The predicted octanol–water partition coefficient (Wildman–Crippen LogP) is 1.71. The maximum absolute atomic E-state index is 11.8. The number of amides is 1. The molecule has 126 valence electrons. The molecule has 0 unspecified atom stereocenters. The Kier molecular flexibility index (Phi) is 6.92. The molecule has 0 radical (unpaired) electrons. The molecule has 0 heterocycles. The summed E-state index contributed by atoms with van der Waals surface area (Å²) in [5.41, 5.74) is -0.0834. The predicted molar refractivity (Wildman–Crippen MR) is 85.4 cm³/mol. The van der Waals surface area contributed by atoms with E-state index in [1.165, 1.54) is 12.1 Å². The monoisotopic (exact) mass is 341 g/mol. The van der Waals surface area contributed by atoms with Gasteiger partial charge in [0, 0.05) is 25.0 Å². The molecule has 0 aliphatic heterocycles. The summed E-state index contributed by atoms with van der Waals surface area (Å²) in [4.78, 5) is 22.7. The molecule has 0 aliphatic carbocycles. The van der Waals surface area contributed by atoms with Gasteiger partial charge in [-0.1, -0.05) is 6.08 Å². The van der Waals surface area contributed by atoms with Gasteiger partial charge in [0.1, 0.15) is 0 Å². The summed E-state index contributed by atoms with van der Waals surface area (Å²) >= 11 is 0. The van der Waals surface area contributed by atoms with Gasteiger partial charge in [-0.2, -0.15) is 0 Å². The number of anilines is 1. The van der Waals surface area contributed by atoms with Crippen molar-refractivity contribution in [1.29, 1.82) is 0 Å². The number of hydrogen-bond donors (Lipinski definition) is 2. The molecule has 0 spiro atoms. The van der Waals surface area contributed by atoms with Gasteiger partial charge in [0.25, 0.3) is 0 Å². The van der Waals surface area contributed by atoms with Crippen molar-refractivity contribution >= 4 is 27.4 Å². The Morgan fingerprint density at radius 2 is 2.04 bits per heavy atom. The van der Waals surface area contributed by atoms with Crippen molar-refractivity contribution in [3.05, 3.63) is 36.4 Å². The molecule has 23 heavy (non-hydrogen) atoms. The number of benzene rings is 1. The Morgan fingerprint density at radius 1 is 1.35 bits per heavy atom. The van der Waals surface area contributed by atoms with E-state index in [9.17, 15) is 18.0 Å². The molecular formula is C15H19NO6S. The summed E-state index contributed by atoms with van der Waals surface area (Å²) in [6.07, 6.45) is 3.22. The number of hydrogen-bond acceptors (Lipinski definition) is 5. The number of aromatic carboxylic acids is 1. The number of rotatable bonds is 9. The van der Waals surface area contributed by atoms with Crippen molar-refractivity contribution in [2.24, 2.45) is 0 Å². The van der Waals surface area contributed by atoms with E-state index < -0.39 is 15.8 Å². The van der Waals surface area contributed by atoms with Gasteiger partial charge in [-0.25, -0.2) is 13.2 Å². The Bertz CT molecular complexity index is 696. The third kappa shape index (κ3) is 6.62. The van der Waals surface area contributed by atoms with Gasteiger partial charge >= 0.3 is 5.97 Å². The highest BCUT2D eigenvalue weighted by Gasteiger charge is 2.14. The van der Waals surface area contributed by atoms with Crippen LogP contribution in [-0.4, -0.2) is 44.9 Å². The van der Waals surface area contributed by atoms with Crippen LogP contribution in [0.1, 0.15) is 23.2 Å². The molecule has 0 aromatic heterocycles. The number of ether oxygens (including phenoxy) is 1. The maximum atomic E-state index is 11.8. The van der Waals surface area contributed by atoms with Gasteiger partial charge in [-0.15, -0.1) is 6.58 Å². The highest BCUT2D eigenvalue weighted by Crippen LogP contribution is 2.19. The lowest BCUT2D eigenvalue weighted by Gasteiger charge is -2.09. The van der Waals surface area contributed by atoms with Crippen LogP contribution in [0.15, 0.2) is 35.7 Å². The fourth-order valence-corrected chi connectivity index (χ4v) is 2.42. The van der Waals surface area contributed by atoms with Crippen LogP contribution in [0.3, 0.4) is 0 Å². The van der Waals surface area contributed by atoms with Crippen LogP contribution in [0.5, 0.6) is 0 Å². The molecule has 0 saturated heterocycles. The van der Waals surface area contributed by atoms with Crippen LogP contribution in [-0.2, 0) is 19.4 Å². The average Bonchev–Trinajstić information content (AvgIpc) is 2.45. The number of carbonyl (C=O) groups excluding carboxylic acids is 1. The molecule has 1 amide bonds. The summed E-state index contributed by atoms with van der Waals surface area (Å²) < 4.78 is 28.3. The van der Waals surface area contributed by atoms with Gasteiger partial charge in [-0.05, 0) is 24.6 Å². The van der Waals surface area contributed by atoms with E-state index in [1.54, 1.807) is 6.08 Å². The van der Waals surface area contributed by atoms with Crippen molar-refractivity contribution in [3.63, 3.8) is 0 Å². The second kappa shape index (κ2) is 8.44. The summed E-state index contributed by atoms with van der Waals surface area (Å²) in [6.45, 7) is 4.29. The zero-order valence-corrected chi connectivity index (χ0v) is 13.6. The molecule has 0 aliphatic rings. The van der Waals surface area contributed by atoms with Crippen LogP contribution in [0.25, 0.3) is 0 Å².